The second kappa shape index (κ2) is 7.00. The highest BCUT2D eigenvalue weighted by molar-refractivity contribution is 8.05. The van der Waals surface area contributed by atoms with Gasteiger partial charge in [0.15, 0.2) is 5.92 Å². The molecule has 7 heteroatoms. The van der Waals surface area contributed by atoms with Crippen LogP contribution in [0.5, 0.6) is 0 Å². The Kier molecular flexibility index (Phi) is 6.02. The highest BCUT2D eigenvalue weighted by atomic mass is 32.2. The SMILES string of the molecule is N#CC(C#N)=C(C(C#N)=C(S)S)C(C#N)C#N. The summed E-state index contributed by atoms with van der Waals surface area (Å²) in [5, 5.41) is 43.8. The van der Waals surface area contributed by atoms with E-state index in [1.807, 2.05) is 0 Å². The van der Waals surface area contributed by atoms with Gasteiger partial charge >= 0.3 is 0 Å². The number of nitrogens with zero attached hydrogens (tertiary/aromatic N) is 5. The monoisotopic (exact) mass is 257 g/mol. The molecule has 0 aliphatic heterocycles. The van der Waals surface area contributed by atoms with Crippen LogP contribution < -0.4 is 0 Å². The first-order valence-electron chi connectivity index (χ1n) is 3.93. The Balaban J connectivity index is 6.31. The van der Waals surface area contributed by atoms with Crippen LogP contribution in [0.25, 0.3) is 0 Å². The molecule has 0 aromatic carbocycles. The molecule has 0 radical (unpaired) electrons. The predicted octanol–water partition coefficient (Wildman–Crippen LogP) is 1.59. The van der Waals surface area contributed by atoms with Gasteiger partial charge in [-0.2, -0.15) is 26.3 Å². The molecule has 0 atom stereocenters. The van der Waals surface area contributed by atoms with E-state index in [1.165, 1.54) is 12.1 Å². The lowest BCUT2D eigenvalue weighted by Crippen LogP contribution is -2.05. The van der Waals surface area contributed by atoms with Gasteiger partial charge in [0, 0.05) is 5.57 Å². The Morgan fingerprint density at radius 1 is 0.824 bits per heavy atom. The summed E-state index contributed by atoms with van der Waals surface area (Å²) < 4.78 is -0.0685. The fraction of sp³-hybridized carbons (Fsp3) is 0.100. The zero-order chi connectivity index (χ0) is 13.4. The summed E-state index contributed by atoms with van der Waals surface area (Å²) in [4.78, 5) is 0. The van der Waals surface area contributed by atoms with E-state index in [4.69, 9.17) is 26.3 Å². The van der Waals surface area contributed by atoms with E-state index in [1.54, 1.807) is 18.2 Å². The fourth-order valence-electron chi connectivity index (χ4n) is 0.948. The average molecular weight is 257 g/mol. The van der Waals surface area contributed by atoms with Crippen molar-refractivity contribution in [2.45, 2.75) is 0 Å². The van der Waals surface area contributed by atoms with Crippen LogP contribution in [0.15, 0.2) is 21.0 Å². The minimum atomic E-state index is -1.40. The van der Waals surface area contributed by atoms with Crippen LogP contribution in [-0.4, -0.2) is 0 Å². The molecule has 0 saturated heterocycles. The maximum absolute atomic E-state index is 8.87. The molecule has 0 N–H and O–H groups in total. The van der Waals surface area contributed by atoms with Gasteiger partial charge < -0.3 is 0 Å². The van der Waals surface area contributed by atoms with Gasteiger partial charge in [-0.1, -0.05) is 0 Å². The van der Waals surface area contributed by atoms with Crippen LogP contribution >= 0.6 is 25.3 Å². The van der Waals surface area contributed by atoms with Gasteiger partial charge in [0.1, 0.15) is 23.8 Å². The van der Waals surface area contributed by atoms with E-state index in [0.717, 1.165) is 0 Å². The van der Waals surface area contributed by atoms with Crippen molar-refractivity contribution in [3.05, 3.63) is 21.0 Å². The Bertz CT molecular complexity index is 561. The van der Waals surface area contributed by atoms with Gasteiger partial charge in [-0.05, 0) is 0 Å². The first-order valence-corrected chi connectivity index (χ1v) is 4.83. The smallest absolute Gasteiger partial charge is 0.161 e. The van der Waals surface area contributed by atoms with Gasteiger partial charge in [0.25, 0.3) is 0 Å². The summed E-state index contributed by atoms with van der Waals surface area (Å²) in [6.45, 7) is 0. The van der Waals surface area contributed by atoms with Crippen molar-refractivity contribution in [2.24, 2.45) is 5.92 Å². The van der Waals surface area contributed by atoms with Gasteiger partial charge in [-0.3, -0.25) is 0 Å². The van der Waals surface area contributed by atoms with Crippen molar-refractivity contribution in [1.29, 1.82) is 26.3 Å². The Hall–Kier alpha value is -2.37. The van der Waals surface area contributed by atoms with Crippen LogP contribution in [0.2, 0.25) is 0 Å². The van der Waals surface area contributed by atoms with Crippen molar-refractivity contribution in [3.8, 4) is 30.3 Å². The standard InChI is InChI=1S/C10H3N5S2/c11-1-6(2-12)9(7(3-13)4-14)8(5-15)10(16)17/h6,16-17H. The van der Waals surface area contributed by atoms with Crippen molar-refractivity contribution in [2.75, 3.05) is 0 Å². The van der Waals surface area contributed by atoms with Crippen LogP contribution in [0, 0.1) is 62.6 Å². The van der Waals surface area contributed by atoms with Crippen LogP contribution in [0.3, 0.4) is 0 Å². The topological polar surface area (TPSA) is 119 Å². The molecule has 5 nitrogen and oxygen atoms in total. The van der Waals surface area contributed by atoms with E-state index in [0.29, 0.717) is 0 Å². The van der Waals surface area contributed by atoms with Crippen molar-refractivity contribution in [1.82, 2.24) is 0 Å². The number of thiol groups is 2. The first kappa shape index (κ1) is 14.6. The van der Waals surface area contributed by atoms with E-state index < -0.39 is 11.5 Å². The molecule has 0 fully saturated rings. The molecule has 0 unspecified atom stereocenters. The molecular weight excluding hydrogens is 254 g/mol. The molecule has 0 aliphatic carbocycles. The number of allylic oxidation sites excluding steroid dienone is 3. The molecular formula is C10H3N5S2. The highest BCUT2D eigenvalue weighted by Crippen LogP contribution is 2.28. The number of hydrogen-bond acceptors (Lipinski definition) is 7. The molecule has 0 saturated carbocycles. The summed E-state index contributed by atoms with van der Waals surface area (Å²) >= 11 is 7.61. The summed E-state index contributed by atoms with van der Waals surface area (Å²) in [6.07, 6.45) is 0. The molecule has 0 aliphatic rings. The molecule has 0 rings (SSSR count). The van der Waals surface area contributed by atoms with Gasteiger partial charge in [0.05, 0.1) is 21.9 Å². The minimum absolute atomic E-state index is 0.0685. The maximum Gasteiger partial charge on any atom is 0.161 e. The molecule has 0 heterocycles. The predicted molar refractivity (Wildman–Crippen MR) is 63.6 cm³/mol. The molecule has 0 bridgehead atoms. The number of hydrogen-bond donors (Lipinski definition) is 2. The lowest BCUT2D eigenvalue weighted by Gasteiger charge is -2.06. The van der Waals surface area contributed by atoms with Gasteiger partial charge in [-0.25, -0.2) is 0 Å². The Morgan fingerprint density at radius 2 is 1.29 bits per heavy atom. The zero-order valence-corrected chi connectivity index (χ0v) is 10.00. The van der Waals surface area contributed by atoms with E-state index >= 15 is 0 Å². The summed E-state index contributed by atoms with van der Waals surface area (Å²) in [6, 6.07) is 7.92. The normalized spacial score (nSPS) is 7.65. The first-order chi connectivity index (χ1) is 8.06. The summed E-state index contributed by atoms with van der Waals surface area (Å²) in [5.74, 6) is -1.40. The van der Waals surface area contributed by atoms with Crippen LogP contribution in [0.4, 0.5) is 0 Å². The second-order valence-electron chi connectivity index (χ2n) is 2.51. The van der Waals surface area contributed by atoms with Gasteiger partial charge in [0.2, 0.25) is 0 Å². The third-order valence-corrected chi connectivity index (χ3v) is 2.09. The third-order valence-electron chi connectivity index (χ3n) is 1.64. The summed E-state index contributed by atoms with van der Waals surface area (Å²) in [7, 11) is 0. The molecule has 17 heavy (non-hydrogen) atoms. The Labute approximate surface area is 109 Å². The lowest BCUT2D eigenvalue weighted by atomic mass is 9.92. The summed E-state index contributed by atoms with van der Waals surface area (Å²) in [5.41, 5.74) is -0.972. The van der Waals surface area contributed by atoms with Crippen molar-refractivity contribution < 1.29 is 0 Å². The average Bonchev–Trinajstić information content (AvgIpc) is 2.32. The van der Waals surface area contributed by atoms with E-state index in [-0.39, 0.29) is 15.4 Å². The molecule has 0 amide bonds. The van der Waals surface area contributed by atoms with Crippen LogP contribution in [-0.2, 0) is 0 Å². The van der Waals surface area contributed by atoms with Crippen molar-refractivity contribution in [3.63, 3.8) is 0 Å². The van der Waals surface area contributed by atoms with Gasteiger partial charge in [-0.15, -0.1) is 25.3 Å². The molecule has 0 aromatic rings. The third kappa shape index (κ3) is 3.30. The highest BCUT2D eigenvalue weighted by Gasteiger charge is 2.23. The fourth-order valence-corrected chi connectivity index (χ4v) is 1.29. The molecule has 0 aromatic heterocycles. The second-order valence-corrected chi connectivity index (χ2v) is 3.76. The zero-order valence-electron chi connectivity index (χ0n) is 8.21. The molecule has 80 valence electrons. The van der Waals surface area contributed by atoms with E-state index in [2.05, 4.69) is 25.3 Å². The lowest BCUT2D eigenvalue weighted by molar-refractivity contribution is 1.01. The number of rotatable bonds is 2. The van der Waals surface area contributed by atoms with E-state index in [9.17, 15) is 0 Å². The Morgan fingerprint density at radius 3 is 1.53 bits per heavy atom. The largest absolute Gasteiger partial charge is 0.196 e. The molecule has 0 spiro atoms. The van der Waals surface area contributed by atoms with Crippen molar-refractivity contribution >= 4 is 25.3 Å². The maximum atomic E-state index is 8.87. The number of nitriles is 5. The quantitative estimate of drug-likeness (QED) is 0.442. The van der Waals surface area contributed by atoms with Crippen LogP contribution in [0.1, 0.15) is 0 Å². The minimum Gasteiger partial charge on any atom is -0.196 e.